The van der Waals surface area contributed by atoms with Crippen molar-refractivity contribution in [3.05, 3.63) is 0 Å². The number of ether oxygens (including phenoxy) is 1. The van der Waals surface area contributed by atoms with E-state index in [0.29, 0.717) is 31.6 Å². The van der Waals surface area contributed by atoms with Gasteiger partial charge in [-0.25, -0.2) is 0 Å². The first-order valence-corrected chi connectivity index (χ1v) is 13.7. The number of nitrogens with one attached hydrogen (secondary N) is 1. The Kier molecular flexibility index (Phi) is 16.0. The molecule has 0 spiro atoms. The van der Waals surface area contributed by atoms with E-state index < -0.39 is 24.0 Å². The lowest BCUT2D eigenvalue weighted by atomic mass is 9.94. The largest absolute Gasteiger partial charge is 0.481 e. The van der Waals surface area contributed by atoms with Crippen molar-refractivity contribution >= 4 is 34.8 Å². The molecule has 8 nitrogen and oxygen atoms in total. The molecule has 0 aromatic rings. The number of nitrogens with zero attached hydrogens (tertiary/aromatic N) is 1. The van der Waals surface area contributed by atoms with Crippen LogP contribution in [0.25, 0.3) is 0 Å². The zero-order valence-electron chi connectivity index (χ0n) is 23.1. The number of carboxylic acids is 1. The normalized spacial score (nSPS) is 16.5. The molecule has 0 saturated heterocycles. The lowest BCUT2D eigenvalue weighted by Crippen LogP contribution is -2.45. The van der Waals surface area contributed by atoms with E-state index in [-0.39, 0.29) is 34.4 Å². The summed E-state index contributed by atoms with van der Waals surface area (Å²) in [5, 5.41) is 11.5. The van der Waals surface area contributed by atoms with E-state index in [9.17, 15) is 24.3 Å². The zero-order valence-corrected chi connectivity index (χ0v) is 23.9. The molecule has 35 heavy (non-hydrogen) atoms. The molecule has 204 valence electrons. The van der Waals surface area contributed by atoms with Gasteiger partial charge in [0.15, 0.2) is 0 Å². The zero-order chi connectivity index (χ0) is 27.3. The number of hydrogen-bond acceptors (Lipinski definition) is 6. The molecular weight excluding hydrogens is 468 g/mol. The van der Waals surface area contributed by atoms with E-state index in [1.165, 1.54) is 6.92 Å². The van der Waals surface area contributed by atoms with Crippen molar-refractivity contribution in [2.45, 2.75) is 117 Å². The first-order valence-electron chi connectivity index (χ1n) is 12.9. The number of rotatable bonds is 16. The first kappa shape index (κ1) is 33.2. The van der Waals surface area contributed by atoms with Crippen LogP contribution in [0.5, 0.6) is 0 Å². The van der Waals surface area contributed by atoms with Crippen molar-refractivity contribution in [3.63, 3.8) is 0 Å². The fourth-order valence-electron chi connectivity index (χ4n) is 4.01. The van der Waals surface area contributed by atoms with Crippen molar-refractivity contribution in [2.24, 2.45) is 17.8 Å². The predicted octanol–water partition coefficient (Wildman–Crippen LogP) is 5.34. The standard InChI is InChI=1S/C26H48N2O6S/c1-10-12-21(14-18(6)25(31)32)27-26(33)35-19(7)23(34-20(8)29)15-22(16(3)4)28(9)24(30)13-17(5)11-2/h16-19,21-23H,10-15H2,1-9H3,(H,27,33)(H,31,32). The highest BCUT2D eigenvalue weighted by atomic mass is 32.2. The van der Waals surface area contributed by atoms with Crippen molar-refractivity contribution in [3.8, 4) is 0 Å². The minimum atomic E-state index is -0.886. The molecular formula is C26H48N2O6S. The van der Waals surface area contributed by atoms with Crippen molar-refractivity contribution in [2.75, 3.05) is 7.05 Å². The second-order valence-electron chi connectivity index (χ2n) is 10.1. The van der Waals surface area contributed by atoms with E-state index in [1.807, 2.05) is 27.7 Å². The number of esters is 1. The predicted molar refractivity (Wildman–Crippen MR) is 141 cm³/mol. The van der Waals surface area contributed by atoms with Gasteiger partial charge in [-0.1, -0.05) is 66.1 Å². The molecule has 0 saturated carbocycles. The van der Waals surface area contributed by atoms with Gasteiger partial charge in [0.1, 0.15) is 6.10 Å². The van der Waals surface area contributed by atoms with Gasteiger partial charge in [0.05, 0.1) is 5.92 Å². The van der Waals surface area contributed by atoms with Crippen LogP contribution in [0.2, 0.25) is 0 Å². The second kappa shape index (κ2) is 16.8. The van der Waals surface area contributed by atoms with E-state index in [0.717, 1.165) is 24.6 Å². The van der Waals surface area contributed by atoms with Gasteiger partial charge in [0, 0.05) is 44.1 Å². The Hall–Kier alpha value is -1.77. The average molecular weight is 517 g/mol. The maximum absolute atomic E-state index is 12.8. The van der Waals surface area contributed by atoms with Gasteiger partial charge in [-0.3, -0.25) is 19.2 Å². The Morgan fingerprint density at radius 2 is 1.63 bits per heavy atom. The molecule has 0 fully saturated rings. The minimum absolute atomic E-state index is 0.0626. The molecule has 6 atom stereocenters. The van der Waals surface area contributed by atoms with Gasteiger partial charge < -0.3 is 20.1 Å². The molecule has 9 heteroatoms. The van der Waals surface area contributed by atoms with E-state index >= 15 is 0 Å². The Morgan fingerprint density at radius 3 is 2.09 bits per heavy atom. The summed E-state index contributed by atoms with van der Waals surface area (Å²) >= 11 is 1.05. The van der Waals surface area contributed by atoms with Crippen LogP contribution < -0.4 is 5.32 Å². The lowest BCUT2D eigenvalue weighted by molar-refractivity contribution is -0.148. The Labute approximate surface area is 216 Å². The van der Waals surface area contributed by atoms with Gasteiger partial charge in [-0.2, -0.15) is 0 Å². The third kappa shape index (κ3) is 13.2. The third-order valence-electron chi connectivity index (χ3n) is 6.51. The van der Waals surface area contributed by atoms with Crippen molar-refractivity contribution in [1.82, 2.24) is 10.2 Å². The van der Waals surface area contributed by atoms with Crippen LogP contribution in [0, 0.1) is 17.8 Å². The smallest absolute Gasteiger partial charge is 0.306 e. The molecule has 0 rings (SSSR count). The summed E-state index contributed by atoms with van der Waals surface area (Å²) in [6, 6.07) is -0.385. The monoisotopic (exact) mass is 516 g/mol. The number of aliphatic carboxylic acids is 1. The molecule has 0 heterocycles. The van der Waals surface area contributed by atoms with Crippen LogP contribution in [0.3, 0.4) is 0 Å². The summed E-state index contributed by atoms with van der Waals surface area (Å²) in [5.74, 6) is -1.39. The Bertz CT molecular complexity index is 687. The lowest BCUT2D eigenvalue weighted by Gasteiger charge is -2.36. The highest BCUT2D eigenvalue weighted by Crippen LogP contribution is 2.27. The van der Waals surface area contributed by atoms with E-state index in [2.05, 4.69) is 19.2 Å². The molecule has 2 amide bonds. The number of carboxylic acid groups (broad SMARTS) is 1. The van der Waals surface area contributed by atoms with Crippen molar-refractivity contribution in [1.29, 1.82) is 0 Å². The fraction of sp³-hybridized carbons (Fsp3) is 0.846. The molecule has 0 aromatic heterocycles. The summed E-state index contributed by atoms with van der Waals surface area (Å²) in [5.41, 5.74) is 0. The second-order valence-corrected chi connectivity index (χ2v) is 11.5. The van der Waals surface area contributed by atoms with Crippen LogP contribution in [-0.2, 0) is 19.1 Å². The maximum atomic E-state index is 12.8. The molecule has 0 aliphatic rings. The van der Waals surface area contributed by atoms with E-state index in [4.69, 9.17) is 4.74 Å². The molecule has 6 unspecified atom stereocenters. The summed E-state index contributed by atoms with van der Waals surface area (Å²) in [7, 11) is 1.80. The number of amides is 2. The molecule has 2 N–H and O–H groups in total. The number of carbonyl (C=O) groups excluding carboxylic acids is 3. The van der Waals surface area contributed by atoms with Gasteiger partial charge in [-0.05, 0) is 31.6 Å². The van der Waals surface area contributed by atoms with Crippen LogP contribution in [0.15, 0.2) is 0 Å². The molecule has 0 aliphatic carbocycles. The first-order chi connectivity index (χ1) is 16.2. The highest BCUT2D eigenvalue weighted by molar-refractivity contribution is 8.14. The van der Waals surface area contributed by atoms with Crippen LogP contribution in [0.4, 0.5) is 4.79 Å². The Balaban J connectivity index is 5.41. The quantitative estimate of drug-likeness (QED) is 0.266. The molecule has 0 aliphatic heterocycles. The van der Waals surface area contributed by atoms with Gasteiger partial charge in [-0.15, -0.1) is 0 Å². The van der Waals surface area contributed by atoms with Crippen LogP contribution in [0.1, 0.15) is 93.9 Å². The summed E-state index contributed by atoms with van der Waals surface area (Å²) in [6.45, 7) is 15.0. The third-order valence-corrected chi connectivity index (χ3v) is 7.51. The summed E-state index contributed by atoms with van der Waals surface area (Å²) in [6.07, 6.45) is 3.12. The molecule has 0 radical (unpaired) electrons. The highest BCUT2D eigenvalue weighted by Gasteiger charge is 2.32. The minimum Gasteiger partial charge on any atom is -0.481 e. The van der Waals surface area contributed by atoms with Gasteiger partial charge in [0.25, 0.3) is 5.24 Å². The molecule has 0 aromatic carbocycles. The van der Waals surface area contributed by atoms with Crippen molar-refractivity contribution < 1.29 is 29.0 Å². The van der Waals surface area contributed by atoms with Gasteiger partial charge in [0.2, 0.25) is 5.91 Å². The number of thioether (sulfide) groups is 1. The SMILES string of the molecule is CCCC(CC(C)C(=O)O)NC(=O)SC(C)C(CC(C(C)C)N(C)C(=O)CC(C)CC)OC(C)=O. The average Bonchev–Trinajstić information content (AvgIpc) is 2.75. The Morgan fingerprint density at radius 1 is 1.03 bits per heavy atom. The topological polar surface area (TPSA) is 113 Å². The maximum Gasteiger partial charge on any atom is 0.306 e. The van der Waals surface area contributed by atoms with Gasteiger partial charge >= 0.3 is 11.9 Å². The summed E-state index contributed by atoms with van der Waals surface area (Å²) < 4.78 is 5.62. The van der Waals surface area contributed by atoms with Crippen LogP contribution >= 0.6 is 11.8 Å². The number of carbonyl (C=O) groups is 4. The van der Waals surface area contributed by atoms with Crippen LogP contribution in [-0.4, -0.2) is 63.6 Å². The number of hydrogen-bond donors (Lipinski definition) is 2. The van der Waals surface area contributed by atoms with E-state index in [1.54, 1.807) is 18.9 Å². The fourth-order valence-corrected chi connectivity index (χ4v) is 4.90. The molecule has 0 bridgehead atoms. The summed E-state index contributed by atoms with van der Waals surface area (Å²) in [4.78, 5) is 50.5.